The molecule has 0 atom stereocenters. The van der Waals surface area contributed by atoms with Gasteiger partial charge in [0.2, 0.25) is 0 Å². The molecule has 1 heterocycles. The standard InChI is InChI=1S/C23H31O3P/c1-13(2)18-9-15(5)11-20-17(7)21-12-16(6)10-19(14(3)4)23(21)26-27(8,24)25-22(18)20/h9-14,17H,1-8H3. The fourth-order valence-electron chi connectivity index (χ4n) is 3.89. The predicted molar refractivity (Wildman–Crippen MR) is 113 cm³/mol. The summed E-state index contributed by atoms with van der Waals surface area (Å²) in [5.74, 6) is 2.09. The minimum atomic E-state index is -3.31. The molecule has 0 amide bonds. The third-order valence-corrected chi connectivity index (χ3v) is 6.30. The minimum absolute atomic E-state index is 0.0881. The van der Waals surface area contributed by atoms with E-state index in [0.717, 1.165) is 33.8 Å². The number of hydrogen-bond donors (Lipinski definition) is 0. The number of rotatable bonds is 2. The summed E-state index contributed by atoms with van der Waals surface area (Å²) in [6.45, 7) is 16.5. The smallest absolute Gasteiger partial charge is 0.416 e. The van der Waals surface area contributed by atoms with Crippen LogP contribution in [-0.4, -0.2) is 6.66 Å². The van der Waals surface area contributed by atoms with E-state index in [1.807, 2.05) is 0 Å². The molecular weight excluding hydrogens is 355 g/mol. The Morgan fingerprint density at radius 2 is 1.19 bits per heavy atom. The first-order chi connectivity index (χ1) is 12.5. The van der Waals surface area contributed by atoms with Crippen molar-refractivity contribution < 1.29 is 13.6 Å². The van der Waals surface area contributed by atoms with Crippen molar-refractivity contribution in [3.8, 4) is 11.5 Å². The first kappa shape index (κ1) is 20.0. The zero-order valence-corrected chi connectivity index (χ0v) is 18.6. The van der Waals surface area contributed by atoms with Crippen molar-refractivity contribution in [2.45, 2.75) is 66.2 Å². The van der Waals surface area contributed by atoms with E-state index in [4.69, 9.17) is 9.05 Å². The van der Waals surface area contributed by atoms with Crippen LogP contribution in [0.3, 0.4) is 0 Å². The van der Waals surface area contributed by atoms with Gasteiger partial charge in [0.1, 0.15) is 11.5 Å². The van der Waals surface area contributed by atoms with Gasteiger partial charge in [-0.2, -0.15) is 0 Å². The van der Waals surface area contributed by atoms with Crippen molar-refractivity contribution in [1.29, 1.82) is 0 Å². The monoisotopic (exact) mass is 386 g/mol. The Morgan fingerprint density at radius 1 is 0.815 bits per heavy atom. The van der Waals surface area contributed by atoms with E-state index in [2.05, 4.69) is 72.7 Å². The largest absolute Gasteiger partial charge is 0.427 e. The van der Waals surface area contributed by atoms with Crippen LogP contribution in [-0.2, 0) is 4.57 Å². The summed E-state index contributed by atoms with van der Waals surface area (Å²) < 4.78 is 25.5. The molecule has 2 aromatic rings. The molecule has 1 aliphatic heterocycles. The molecule has 0 aromatic heterocycles. The lowest BCUT2D eigenvalue weighted by atomic mass is 9.84. The molecule has 0 saturated heterocycles. The summed E-state index contributed by atoms with van der Waals surface area (Å²) in [4.78, 5) is 0. The van der Waals surface area contributed by atoms with E-state index >= 15 is 0 Å². The van der Waals surface area contributed by atoms with Crippen molar-refractivity contribution in [3.05, 3.63) is 57.6 Å². The van der Waals surface area contributed by atoms with Gasteiger partial charge in [0.25, 0.3) is 0 Å². The quantitative estimate of drug-likeness (QED) is 0.508. The fraction of sp³-hybridized carbons (Fsp3) is 0.478. The van der Waals surface area contributed by atoms with Crippen molar-refractivity contribution in [2.24, 2.45) is 0 Å². The van der Waals surface area contributed by atoms with Crippen LogP contribution in [0.1, 0.15) is 85.8 Å². The summed E-state index contributed by atoms with van der Waals surface area (Å²) in [5, 5.41) is 0. The second-order valence-electron chi connectivity index (χ2n) is 8.53. The molecule has 0 spiro atoms. The normalized spacial score (nSPS) is 21.8. The van der Waals surface area contributed by atoms with Gasteiger partial charge in [-0.25, -0.2) is 4.57 Å². The third kappa shape index (κ3) is 3.80. The van der Waals surface area contributed by atoms with Crippen molar-refractivity contribution >= 4 is 7.60 Å². The summed E-state index contributed by atoms with van der Waals surface area (Å²) in [5.41, 5.74) is 6.74. The average Bonchev–Trinajstić information content (AvgIpc) is 2.55. The highest BCUT2D eigenvalue weighted by atomic mass is 31.2. The van der Waals surface area contributed by atoms with Gasteiger partial charge in [0.15, 0.2) is 0 Å². The fourth-order valence-corrected chi connectivity index (χ4v) is 5.01. The zero-order chi connectivity index (χ0) is 20.1. The Labute approximate surface area is 163 Å². The second kappa shape index (κ2) is 7.02. The van der Waals surface area contributed by atoms with Crippen LogP contribution in [0.5, 0.6) is 11.5 Å². The minimum Gasteiger partial charge on any atom is -0.416 e. The highest BCUT2D eigenvalue weighted by Gasteiger charge is 2.34. The van der Waals surface area contributed by atoms with Gasteiger partial charge >= 0.3 is 7.60 Å². The second-order valence-corrected chi connectivity index (χ2v) is 10.4. The van der Waals surface area contributed by atoms with Crippen LogP contribution in [0.2, 0.25) is 0 Å². The lowest BCUT2D eigenvalue weighted by Gasteiger charge is -2.31. The van der Waals surface area contributed by atoms with Crippen LogP contribution in [0.4, 0.5) is 0 Å². The SMILES string of the molecule is Cc1cc(C(C)C)c2c(c1)C(C)c1cc(C)cc(C(C)C)c1OP(C)(=O)O2. The Balaban J connectivity index is 2.37. The molecule has 0 saturated carbocycles. The molecule has 0 fully saturated rings. The molecular formula is C23H31O3P. The van der Waals surface area contributed by atoms with Crippen LogP contribution in [0, 0.1) is 13.8 Å². The van der Waals surface area contributed by atoms with E-state index < -0.39 is 7.60 Å². The van der Waals surface area contributed by atoms with E-state index in [1.54, 1.807) is 6.66 Å². The Kier molecular flexibility index (Phi) is 5.20. The molecule has 0 bridgehead atoms. The van der Waals surface area contributed by atoms with Crippen LogP contribution in [0.25, 0.3) is 0 Å². The van der Waals surface area contributed by atoms with E-state index in [9.17, 15) is 4.57 Å². The maximum absolute atomic E-state index is 13.3. The molecule has 0 N–H and O–H groups in total. The van der Waals surface area contributed by atoms with Crippen molar-refractivity contribution in [3.63, 3.8) is 0 Å². The maximum Gasteiger partial charge on any atom is 0.427 e. The summed E-state index contributed by atoms with van der Waals surface area (Å²) >= 11 is 0. The number of hydrogen-bond acceptors (Lipinski definition) is 3. The molecule has 0 unspecified atom stereocenters. The van der Waals surface area contributed by atoms with Gasteiger partial charge < -0.3 is 9.05 Å². The molecule has 146 valence electrons. The number of fused-ring (bicyclic) bond motifs is 2. The van der Waals surface area contributed by atoms with Crippen LogP contribution >= 0.6 is 7.60 Å². The molecule has 2 aromatic carbocycles. The Hall–Kier alpha value is -1.73. The van der Waals surface area contributed by atoms with Crippen LogP contribution < -0.4 is 9.05 Å². The molecule has 1 aliphatic rings. The Bertz CT molecular complexity index is 856. The highest BCUT2D eigenvalue weighted by Crippen LogP contribution is 2.55. The Morgan fingerprint density at radius 3 is 1.52 bits per heavy atom. The van der Waals surface area contributed by atoms with Crippen LogP contribution in [0.15, 0.2) is 24.3 Å². The van der Waals surface area contributed by atoms with Gasteiger partial charge in [0, 0.05) is 17.0 Å². The van der Waals surface area contributed by atoms with E-state index in [1.165, 1.54) is 11.1 Å². The van der Waals surface area contributed by atoms with Gasteiger partial charge in [-0.3, -0.25) is 0 Å². The lowest BCUT2D eigenvalue weighted by molar-refractivity contribution is 0.379. The van der Waals surface area contributed by atoms with E-state index in [-0.39, 0.29) is 17.8 Å². The molecule has 0 radical (unpaired) electrons. The molecule has 3 rings (SSSR count). The van der Waals surface area contributed by atoms with Crippen molar-refractivity contribution in [2.75, 3.05) is 6.66 Å². The lowest BCUT2D eigenvalue weighted by Crippen LogP contribution is -2.14. The van der Waals surface area contributed by atoms with E-state index in [0.29, 0.717) is 0 Å². The summed E-state index contributed by atoms with van der Waals surface area (Å²) in [6.07, 6.45) is 0. The zero-order valence-electron chi connectivity index (χ0n) is 17.7. The van der Waals surface area contributed by atoms with Gasteiger partial charge in [-0.1, -0.05) is 70.0 Å². The first-order valence-corrected chi connectivity index (χ1v) is 11.7. The van der Waals surface area contributed by atoms with Gasteiger partial charge in [-0.05, 0) is 36.8 Å². The molecule has 4 heteroatoms. The number of benzene rings is 2. The highest BCUT2D eigenvalue weighted by molar-refractivity contribution is 7.53. The molecule has 3 nitrogen and oxygen atoms in total. The molecule has 0 aliphatic carbocycles. The summed E-state index contributed by atoms with van der Waals surface area (Å²) in [6, 6.07) is 8.60. The molecule has 27 heavy (non-hydrogen) atoms. The van der Waals surface area contributed by atoms with Gasteiger partial charge in [-0.15, -0.1) is 0 Å². The average molecular weight is 386 g/mol. The topological polar surface area (TPSA) is 35.5 Å². The third-order valence-electron chi connectivity index (χ3n) is 5.27. The number of aryl methyl sites for hydroxylation is 2. The maximum atomic E-state index is 13.3. The first-order valence-electron chi connectivity index (χ1n) is 9.75. The predicted octanol–water partition coefficient (Wildman–Crippen LogP) is 7.30. The van der Waals surface area contributed by atoms with Gasteiger partial charge in [0.05, 0.1) is 6.66 Å². The van der Waals surface area contributed by atoms with Crippen molar-refractivity contribution in [1.82, 2.24) is 0 Å². The summed E-state index contributed by atoms with van der Waals surface area (Å²) in [7, 11) is -3.31.